The van der Waals surface area contributed by atoms with Crippen LogP contribution in [0, 0.1) is 0 Å². The maximum atomic E-state index is 12.2. The number of likely N-dealkylation sites (N-methyl/N-ethyl adjacent to an activating group) is 4. The second-order valence-electron chi connectivity index (χ2n) is 18.6. The van der Waals surface area contributed by atoms with Crippen molar-refractivity contribution in [2.24, 2.45) is 0 Å². The number of benzene rings is 5. The Kier molecular flexibility index (Phi) is 20.2. The average Bonchev–Trinajstić information content (AvgIpc) is 3.48. The highest BCUT2D eigenvalue weighted by Gasteiger charge is 2.33. The summed E-state index contributed by atoms with van der Waals surface area (Å²) in [6.07, 6.45) is 4.91. The molecule has 5 aliphatic carbocycles. The minimum atomic E-state index is -0.483. The number of aromatic hydroxyl groups is 4. The molecule has 0 amide bonds. The maximum absolute atomic E-state index is 12.2. The first kappa shape index (κ1) is 60.7. The highest BCUT2D eigenvalue weighted by Crippen LogP contribution is 2.37. The van der Waals surface area contributed by atoms with E-state index in [0.29, 0.717) is 87.4 Å². The quantitative estimate of drug-likeness (QED) is 0.0748. The first-order valence-corrected chi connectivity index (χ1v) is 25.3. The SMILES string of the molecule is CNCC1=C(C)C(=O)c2cccc(O)c2C1=O.CNCC1=C(C)C(=O)c2ccccc2C1=O.CNCC1=CC(=O)c2cccc(O)c2C1=O.CNCC1=CC(=O)c2ccccc2C1=O.CNCc1cc(O)c2c(c1O)C(=O)C=CC2=O. The zero-order chi connectivity index (χ0) is 59.4. The Labute approximate surface area is 465 Å². The zero-order valence-corrected chi connectivity index (χ0v) is 45.4. The number of phenolic OH excluding ortho intramolecular Hbond substituents is 4. The Balaban J connectivity index is 0.000000163. The van der Waals surface area contributed by atoms with Gasteiger partial charge >= 0.3 is 0 Å². The molecule has 0 radical (unpaired) electrons. The van der Waals surface area contributed by atoms with E-state index in [0.717, 1.165) is 12.2 Å². The molecule has 10 rings (SSSR count). The summed E-state index contributed by atoms with van der Waals surface area (Å²) in [5.41, 5.74) is 5.86. The smallest absolute Gasteiger partial charge is 0.195 e. The van der Waals surface area contributed by atoms with Crippen LogP contribution < -0.4 is 26.6 Å². The second kappa shape index (κ2) is 26.9. The van der Waals surface area contributed by atoms with Gasteiger partial charge in [-0.2, -0.15) is 0 Å². The Morgan fingerprint density at radius 3 is 1.26 bits per heavy atom. The molecule has 0 fully saturated rings. The predicted molar refractivity (Wildman–Crippen MR) is 301 cm³/mol. The van der Waals surface area contributed by atoms with Gasteiger partial charge in [0.25, 0.3) is 0 Å². The van der Waals surface area contributed by atoms with Crippen LogP contribution in [-0.4, -0.2) is 140 Å². The molecule has 0 atom stereocenters. The molecule has 0 aromatic heterocycles. The molecule has 0 saturated heterocycles. The molecule has 0 heterocycles. The van der Waals surface area contributed by atoms with Crippen molar-refractivity contribution in [3.8, 4) is 23.0 Å². The normalized spacial score (nSPS) is 14.8. The first-order valence-electron chi connectivity index (χ1n) is 25.3. The summed E-state index contributed by atoms with van der Waals surface area (Å²) in [6.45, 7) is 5.15. The van der Waals surface area contributed by atoms with E-state index in [1.807, 2.05) is 0 Å². The Morgan fingerprint density at radius 1 is 0.346 bits per heavy atom. The number of hydrogen-bond acceptors (Lipinski definition) is 19. The van der Waals surface area contributed by atoms with Crippen molar-refractivity contribution in [2.75, 3.05) is 61.4 Å². The molecule has 0 spiro atoms. The van der Waals surface area contributed by atoms with Gasteiger partial charge in [0.15, 0.2) is 57.8 Å². The lowest BCUT2D eigenvalue weighted by molar-refractivity contribution is 0.0970. The summed E-state index contributed by atoms with van der Waals surface area (Å²) in [6, 6.07) is 24.2. The zero-order valence-electron chi connectivity index (χ0n) is 45.4. The number of nitrogens with one attached hydrogen (secondary N) is 5. The molecule has 0 bridgehead atoms. The van der Waals surface area contributed by atoms with Gasteiger partial charge in [-0.3, -0.25) is 47.9 Å². The van der Waals surface area contributed by atoms with Gasteiger partial charge < -0.3 is 47.0 Å². The highest BCUT2D eigenvalue weighted by molar-refractivity contribution is 6.29. The number of carbonyl (C=O) groups is 10. The monoisotopic (exact) mass is 1100 g/mol. The van der Waals surface area contributed by atoms with Crippen molar-refractivity contribution in [3.63, 3.8) is 0 Å². The van der Waals surface area contributed by atoms with Crippen LogP contribution in [0.25, 0.3) is 0 Å². The summed E-state index contributed by atoms with van der Waals surface area (Å²) in [5, 5.41) is 53.2. The van der Waals surface area contributed by atoms with Crippen molar-refractivity contribution in [1.82, 2.24) is 26.6 Å². The Bertz CT molecular complexity index is 3650. The van der Waals surface area contributed by atoms with Crippen LogP contribution in [0.1, 0.15) is 123 Å². The number of ketones is 10. The minimum absolute atomic E-state index is 0.0398. The molecule has 0 saturated carbocycles. The molecule has 5 aromatic rings. The Morgan fingerprint density at radius 2 is 0.741 bits per heavy atom. The van der Waals surface area contributed by atoms with Gasteiger partial charge in [-0.25, -0.2) is 0 Å². The fourth-order valence-corrected chi connectivity index (χ4v) is 9.26. The predicted octanol–water partition coefficient (Wildman–Crippen LogP) is 5.79. The number of allylic oxidation sites excluding steroid dienone is 6. The molecular formula is C62H59N5O14. The van der Waals surface area contributed by atoms with Crippen LogP contribution >= 0.6 is 0 Å². The van der Waals surface area contributed by atoms with E-state index in [9.17, 15) is 68.4 Å². The third kappa shape index (κ3) is 12.8. The number of Topliss-reactive ketones (excluding diaryl/α,β-unsaturated/α-hetero) is 6. The van der Waals surface area contributed by atoms with Gasteiger partial charge in [0.05, 0.1) is 22.3 Å². The van der Waals surface area contributed by atoms with Crippen molar-refractivity contribution >= 4 is 57.8 Å². The van der Waals surface area contributed by atoms with Gasteiger partial charge in [-0.1, -0.05) is 72.8 Å². The van der Waals surface area contributed by atoms with Gasteiger partial charge in [0, 0.05) is 105 Å². The largest absolute Gasteiger partial charge is 0.507 e. The molecule has 5 aliphatic rings. The molecule has 0 unspecified atom stereocenters. The van der Waals surface area contributed by atoms with Crippen LogP contribution in [0.2, 0.25) is 0 Å². The highest BCUT2D eigenvalue weighted by atomic mass is 16.3. The summed E-state index contributed by atoms with van der Waals surface area (Å²) in [4.78, 5) is 119. The third-order valence-corrected chi connectivity index (χ3v) is 13.3. The van der Waals surface area contributed by atoms with Crippen LogP contribution in [0.4, 0.5) is 0 Å². The van der Waals surface area contributed by atoms with Crippen LogP contribution in [0.15, 0.2) is 149 Å². The van der Waals surface area contributed by atoms with E-state index in [2.05, 4.69) is 26.6 Å². The lowest BCUT2D eigenvalue weighted by atomic mass is 9.84. The summed E-state index contributed by atoms with van der Waals surface area (Å²) in [5.74, 6) is -3.01. The van der Waals surface area contributed by atoms with Gasteiger partial charge in [0.2, 0.25) is 0 Å². The number of phenols is 4. The fraction of sp³-hybridized carbons (Fsp3) is 0.194. The summed E-state index contributed by atoms with van der Waals surface area (Å²) in [7, 11) is 8.58. The topological polar surface area (TPSA) is 312 Å². The lowest BCUT2D eigenvalue weighted by Crippen LogP contribution is -2.26. The molecule has 0 aliphatic heterocycles. The van der Waals surface area contributed by atoms with E-state index in [1.54, 1.807) is 122 Å². The number of rotatable bonds is 10. The van der Waals surface area contributed by atoms with Crippen molar-refractivity contribution in [2.45, 2.75) is 20.4 Å². The van der Waals surface area contributed by atoms with Crippen molar-refractivity contribution in [1.29, 1.82) is 0 Å². The molecule has 19 heteroatoms. The molecule has 416 valence electrons. The number of carbonyl (C=O) groups excluding carboxylic acids is 10. The molecular weight excluding hydrogens is 1040 g/mol. The van der Waals surface area contributed by atoms with Gasteiger partial charge in [-0.05, 0) is 91.6 Å². The van der Waals surface area contributed by atoms with Crippen molar-refractivity contribution < 1.29 is 68.4 Å². The first-order chi connectivity index (χ1) is 38.7. The average molecular weight is 1100 g/mol. The van der Waals surface area contributed by atoms with E-state index in [-0.39, 0.29) is 109 Å². The van der Waals surface area contributed by atoms with Crippen LogP contribution in [0.5, 0.6) is 23.0 Å². The van der Waals surface area contributed by atoms with E-state index >= 15 is 0 Å². The molecule has 9 N–H and O–H groups in total. The third-order valence-electron chi connectivity index (χ3n) is 13.3. The maximum Gasteiger partial charge on any atom is 0.195 e. The molecule has 5 aromatic carbocycles. The van der Waals surface area contributed by atoms with E-state index in [4.69, 9.17) is 0 Å². The van der Waals surface area contributed by atoms with E-state index < -0.39 is 11.6 Å². The van der Waals surface area contributed by atoms with Crippen molar-refractivity contribution in [3.05, 3.63) is 210 Å². The van der Waals surface area contributed by atoms with E-state index in [1.165, 1.54) is 30.4 Å². The van der Waals surface area contributed by atoms with Gasteiger partial charge in [-0.15, -0.1) is 0 Å². The molecule has 81 heavy (non-hydrogen) atoms. The number of hydrogen-bond donors (Lipinski definition) is 9. The lowest BCUT2D eigenvalue weighted by Gasteiger charge is -2.19. The van der Waals surface area contributed by atoms with Crippen LogP contribution in [0.3, 0.4) is 0 Å². The Hall–Kier alpha value is -9.50. The minimum Gasteiger partial charge on any atom is -0.507 e. The molecule has 19 nitrogen and oxygen atoms in total. The van der Waals surface area contributed by atoms with Gasteiger partial charge in [0.1, 0.15) is 23.0 Å². The summed E-state index contributed by atoms with van der Waals surface area (Å²) >= 11 is 0. The van der Waals surface area contributed by atoms with Crippen LogP contribution in [-0.2, 0) is 6.54 Å². The second-order valence-corrected chi connectivity index (χ2v) is 18.6. The standard InChI is InChI=1S/C13H13NO3.C13H13NO2.C12H11NO4.C12H11NO3.C12H11NO2/c1-7-9(6-14-2)13(17)11-8(12(7)16)4-3-5-10(11)15;1-8-11(7-14-2)13(16)10-6-4-3-5-9(10)12(8)15;1-13-5-6-4-9(16)10-7(14)2-3-8(15)11(10)12(6)17;1-13-6-7-5-10(15)8-3-2-4-9(14)11(8)12(7)16;1-13-7-8-6-11(14)9-4-2-3-5-10(9)12(8)15/h3-5,14-15H,6H2,1-2H3;3-6,14H,7H2,1-2H3;2-4,13,16-17H,5H2,1H3;2-5,13-14H,6H2,1H3;2-6,13H,7H2,1H3. The number of fused-ring (bicyclic) bond motifs is 5. The fourth-order valence-electron chi connectivity index (χ4n) is 9.26. The summed E-state index contributed by atoms with van der Waals surface area (Å²) < 4.78 is 0.